The van der Waals surface area contributed by atoms with Crippen LogP contribution >= 0.6 is 0 Å². The Hall–Kier alpha value is -0.610. The van der Waals surface area contributed by atoms with Gasteiger partial charge < -0.3 is 10.5 Å². The molecule has 0 aliphatic heterocycles. The maximum absolute atomic E-state index is 11.4. The van der Waals surface area contributed by atoms with Gasteiger partial charge in [-0.15, -0.1) is 0 Å². The topological polar surface area (TPSA) is 78.3 Å². The van der Waals surface area contributed by atoms with Gasteiger partial charge in [0.15, 0.2) is 0 Å². The molecule has 0 rings (SSSR count). The molecule has 0 unspecified atom stereocenters. The predicted octanol–water partition coefficient (Wildman–Crippen LogP) is 0.599. The van der Waals surface area contributed by atoms with Crippen LogP contribution in [0, 0.1) is 5.41 Å². The van der Waals surface area contributed by atoms with E-state index in [1.807, 2.05) is 13.8 Å². The van der Waals surface area contributed by atoms with Crippen LogP contribution in [-0.4, -0.2) is 18.2 Å². The van der Waals surface area contributed by atoms with Gasteiger partial charge in [0, 0.05) is 5.54 Å². The van der Waals surface area contributed by atoms with Gasteiger partial charge in [-0.1, -0.05) is 0 Å². The van der Waals surface area contributed by atoms with E-state index in [4.69, 9.17) is 16.2 Å². The van der Waals surface area contributed by atoms with Crippen LogP contribution in [0.3, 0.4) is 0 Å². The molecule has 0 amide bonds. The molecule has 0 aliphatic rings. The summed E-state index contributed by atoms with van der Waals surface area (Å²) < 4.78 is 4.74. The Morgan fingerprint density at radius 1 is 1.31 bits per heavy atom. The summed E-state index contributed by atoms with van der Waals surface area (Å²) in [5, 5.41) is 0. The smallest absolute Gasteiger partial charge is 0.312 e. The minimum Gasteiger partial charge on any atom is -0.450 e. The number of esters is 1. The maximum atomic E-state index is 11.4. The SMILES string of the molecule is CC(C)(N)CC(C)(C)C(=O)OCN. The van der Waals surface area contributed by atoms with Gasteiger partial charge in [-0.25, -0.2) is 0 Å². The molecule has 4 nitrogen and oxygen atoms in total. The van der Waals surface area contributed by atoms with Crippen LogP contribution in [-0.2, 0) is 9.53 Å². The summed E-state index contributed by atoms with van der Waals surface area (Å²) >= 11 is 0. The Morgan fingerprint density at radius 3 is 2.08 bits per heavy atom. The average molecular weight is 188 g/mol. The highest BCUT2D eigenvalue weighted by molar-refractivity contribution is 5.76. The zero-order valence-electron chi connectivity index (χ0n) is 8.89. The molecule has 0 spiro atoms. The maximum Gasteiger partial charge on any atom is 0.312 e. The molecule has 0 aromatic carbocycles. The van der Waals surface area contributed by atoms with Gasteiger partial charge in [0.05, 0.1) is 5.41 Å². The molecule has 0 radical (unpaired) electrons. The summed E-state index contributed by atoms with van der Waals surface area (Å²) in [6.07, 6.45) is 0.568. The lowest BCUT2D eigenvalue weighted by Crippen LogP contribution is -2.41. The van der Waals surface area contributed by atoms with E-state index in [0.717, 1.165) is 0 Å². The van der Waals surface area contributed by atoms with E-state index in [2.05, 4.69) is 0 Å². The monoisotopic (exact) mass is 188 g/mol. The highest BCUT2D eigenvalue weighted by Crippen LogP contribution is 2.27. The molecule has 4 heteroatoms. The molecule has 0 bridgehead atoms. The summed E-state index contributed by atoms with van der Waals surface area (Å²) in [6.45, 7) is 7.29. The van der Waals surface area contributed by atoms with Crippen molar-refractivity contribution in [3.63, 3.8) is 0 Å². The number of nitrogens with two attached hydrogens (primary N) is 2. The molecule has 0 aromatic rings. The predicted molar refractivity (Wildman–Crippen MR) is 51.8 cm³/mol. The van der Waals surface area contributed by atoms with E-state index in [-0.39, 0.29) is 18.2 Å². The molecule has 0 saturated heterocycles. The number of carbonyl (C=O) groups excluding carboxylic acids is 1. The van der Waals surface area contributed by atoms with Crippen LogP contribution in [0.5, 0.6) is 0 Å². The fourth-order valence-corrected chi connectivity index (χ4v) is 1.48. The summed E-state index contributed by atoms with van der Waals surface area (Å²) in [5.74, 6) is -0.298. The van der Waals surface area contributed by atoms with Crippen molar-refractivity contribution < 1.29 is 9.53 Å². The second-order valence-electron chi connectivity index (χ2n) is 4.65. The summed E-state index contributed by atoms with van der Waals surface area (Å²) in [5.41, 5.74) is 9.98. The Morgan fingerprint density at radius 2 is 1.77 bits per heavy atom. The first kappa shape index (κ1) is 12.4. The zero-order chi connectivity index (χ0) is 10.7. The van der Waals surface area contributed by atoms with Crippen molar-refractivity contribution in [1.29, 1.82) is 0 Å². The molecule has 78 valence electrons. The van der Waals surface area contributed by atoms with E-state index in [1.165, 1.54) is 0 Å². The molecule has 0 fully saturated rings. The van der Waals surface area contributed by atoms with Crippen molar-refractivity contribution in [3.05, 3.63) is 0 Å². The first-order valence-electron chi connectivity index (χ1n) is 4.35. The van der Waals surface area contributed by atoms with Gasteiger partial charge in [-0.3, -0.25) is 10.5 Å². The Balaban J connectivity index is 4.30. The number of carbonyl (C=O) groups is 1. The second kappa shape index (κ2) is 4.07. The number of rotatable bonds is 4. The van der Waals surface area contributed by atoms with Crippen molar-refractivity contribution in [3.8, 4) is 0 Å². The van der Waals surface area contributed by atoms with Gasteiger partial charge in [-0.05, 0) is 34.1 Å². The fourth-order valence-electron chi connectivity index (χ4n) is 1.48. The summed E-state index contributed by atoms with van der Waals surface area (Å²) in [7, 11) is 0. The van der Waals surface area contributed by atoms with Gasteiger partial charge in [0.1, 0.15) is 6.73 Å². The van der Waals surface area contributed by atoms with Gasteiger partial charge >= 0.3 is 5.97 Å². The third kappa shape index (κ3) is 4.85. The number of hydrogen-bond acceptors (Lipinski definition) is 4. The quantitative estimate of drug-likeness (QED) is 0.500. The Labute approximate surface area is 79.6 Å². The van der Waals surface area contributed by atoms with E-state index in [0.29, 0.717) is 6.42 Å². The first-order chi connectivity index (χ1) is 5.69. The third-order valence-electron chi connectivity index (χ3n) is 1.66. The average Bonchev–Trinajstić information content (AvgIpc) is 1.82. The van der Waals surface area contributed by atoms with Crippen LogP contribution in [0.1, 0.15) is 34.1 Å². The minimum atomic E-state index is -0.572. The van der Waals surface area contributed by atoms with Crippen LogP contribution in [0.25, 0.3) is 0 Å². The number of hydrogen-bond donors (Lipinski definition) is 2. The zero-order valence-corrected chi connectivity index (χ0v) is 8.89. The van der Waals surface area contributed by atoms with Gasteiger partial charge in [0.2, 0.25) is 0 Å². The fraction of sp³-hybridized carbons (Fsp3) is 0.889. The lowest BCUT2D eigenvalue weighted by atomic mass is 9.81. The van der Waals surface area contributed by atoms with Crippen LogP contribution in [0.2, 0.25) is 0 Å². The Bertz CT molecular complexity index is 183. The standard InChI is InChI=1S/C9H20N2O2/c1-8(2,5-9(3,4)11)7(12)13-6-10/h5-6,10-11H2,1-4H3. The van der Waals surface area contributed by atoms with Crippen LogP contribution in [0.4, 0.5) is 0 Å². The molecule has 4 N–H and O–H groups in total. The normalized spacial score (nSPS) is 12.8. The molecule has 0 saturated carbocycles. The van der Waals surface area contributed by atoms with Crippen molar-refractivity contribution in [2.75, 3.05) is 6.73 Å². The Kier molecular flexibility index (Phi) is 3.88. The van der Waals surface area contributed by atoms with Crippen LogP contribution in [0.15, 0.2) is 0 Å². The highest BCUT2D eigenvalue weighted by atomic mass is 16.5. The van der Waals surface area contributed by atoms with Crippen molar-refractivity contribution in [2.24, 2.45) is 16.9 Å². The van der Waals surface area contributed by atoms with Gasteiger partial charge in [0.25, 0.3) is 0 Å². The molecule has 0 heterocycles. The molecular weight excluding hydrogens is 168 g/mol. The lowest BCUT2D eigenvalue weighted by Gasteiger charge is -2.29. The first-order valence-corrected chi connectivity index (χ1v) is 4.35. The van der Waals surface area contributed by atoms with Crippen molar-refractivity contribution in [2.45, 2.75) is 39.7 Å². The molecule has 0 atom stereocenters. The second-order valence-corrected chi connectivity index (χ2v) is 4.65. The van der Waals surface area contributed by atoms with Crippen LogP contribution < -0.4 is 11.5 Å². The molecule has 13 heavy (non-hydrogen) atoms. The third-order valence-corrected chi connectivity index (χ3v) is 1.66. The molecule has 0 aliphatic carbocycles. The molecule has 0 aromatic heterocycles. The molecular formula is C9H20N2O2. The minimum absolute atomic E-state index is 0.0761. The lowest BCUT2D eigenvalue weighted by molar-refractivity contribution is -0.154. The van der Waals surface area contributed by atoms with Gasteiger partial charge in [-0.2, -0.15) is 0 Å². The largest absolute Gasteiger partial charge is 0.450 e. The van der Waals surface area contributed by atoms with E-state index >= 15 is 0 Å². The summed E-state index contributed by atoms with van der Waals surface area (Å²) in [6, 6.07) is 0. The van der Waals surface area contributed by atoms with E-state index in [9.17, 15) is 4.79 Å². The number of ether oxygens (including phenoxy) is 1. The van der Waals surface area contributed by atoms with E-state index < -0.39 is 5.41 Å². The summed E-state index contributed by atoms with van der Waals surface area (Å²) in [4.78, 5) is 11.4. The van der Waals surface area contributed by atoms with E-state index in [1.54, 1.807) is 13.8 Å². The highest BCUT2D eigenvalue weighted by Gasteiger charge is 2.33. The van der Waals surface area contributed by atoms with Crippen molar-refractivity contribution in [1.82, 2.24) is 0 Å². The van der Waals surface area contributed by atoms with Crippen molar-refractivity contribution >= 4 is 5.97 Å².